The number of hydrogen-bond donors (Lipinski definition) is 1. The van der Waals surface area contributed by atoms with Crippen molar-refractivity contribution in [3.63, 3.8) is 0 Å². The monoisotopic (exact) mass is 292 g/mol. The van der Waals surface area contributed by atoms with Gasteiger partial charge in [-0.15, -0.1) is 11.3 Å². The van der Waals surface area contributed by atoms with Gasteiger partial charge in [-0.1, -0.05) is 32.9 Å². The van der Waals surface area contributed by atoms with Crippen LogP contribution < -0.4 is 5.32 Å². The van der Waals surface area contributed by atoms with Crippen molar-refractivity contribution in [1.29, 1.82) is 0 Å². The molecule has 1 N–H and O–H groups in total. The molecule has 20 heavy (non-hydrogen) atoms. The minimum Gasteiger partial charge on any atom is -0.301 e. The minimum atomic E-state index is -0.200. The summed E-state index contributed by atoms with van der Waals surface area (Å²) in [5.41, 5.74) is 4.02. The summed E-state index contributed by atoms with van der Waals surface area (Å²) in [7, 11) is 0. The van der Waals surface area contributed by atoms with Crippen molar-refractivity contribution in [3.05, 3.63) is 52.2 Å². The molecular formula is C16H21FN2S. The molecular weight excluding hydrogens is 271 g/mol. The number of rotatable bonds is 4. The van der Waals surface area contributed by atoms with Crippen LogP contribution in [-0.4, -0.2) is 4.98 Å². The molecule has 108 valence electrons. The van der Waals surface area contributed by atoms with E-state index in [9.17, 15) is 4.39 Å². The molecule has 1 aromatic carbocycles. The van der Waals surface area contributed by atoms with E-state index in [1.54, 1.807) is 11.3 Å². The van der Waals surface area contributed by atoms with Gasteiger partial charge in [-0.2, -0.15) is 0 Å². The molecule has 4 heteroatoms. The van der Waals surface area contributed by atoms with Crippen molar-refractivity contribution in [1.82, 2.24) is 10.3 Å². The van der Waals surface area contributed by atoms with Gasteiger partial charge >= 0.3 is 0 Å². The number of halogens is 1. The molecule has 2 unspecified atom stereocenters. The first kappa shape index (κ1) is 15.1. The highest BCUT2D eigenvalue weighted by Gasteiger charge is 2.28. The molecule has 0 fully saturated rings. The Morgan fingerprint density at radius 1 is 1.20 bits per heavy atom. The van der Waals surface area contributed by atoms with E-state index in [-0.39, 0.29) is 23.3 Å². The summed E-state index contributed by atoms with van der Waals surface area (Å²) in [6, 6.07) is 7.04. The van der Waals surface area contributed by atoms with Crippen LogP contribution in [0.25, 0.3) is 0 Å². The van der Waals surface area contributed by atoms with E-state index in [1.165, 1.54) is 12.1 Å². The molecule has 0 radical (unpaired) electrons. The Labute approximate surface area is 124 Å². The number of nitrogens with one attached hydrogen (secondary N) is 1. The van der Waals surface area contributed by atoms with E-state index >= 15 is 0 Å². The van der Waals surface area contributed by atoms with E-state index in [2.05, 4.69) is 43.4 Å². The predicted octanol–water partition coefficient (Wildman–Crippen LogP) is 4.72. The molecule has 0 spiro atoms. The van der Waals surface area contributed by atoms with Crippen molar-refractivity contribution < 1.29 is 4.39 Å². The molecule has 1 heterocycles. The lowest BCUT2D eigenvalue weighted by molar-refractivity contribution is 0.253. The second-order valence-corrected chi connectivity index (χ2v) is 6.87. The van der Waals surface area contributed by atoms with Crippen LogP contribution in [0, 0.1) is 11.2 Å². The Morgan fingerprint density at radius 2 is 1.85 bits per heavy atom. The Balaban J connectivity index is 2.22. The van der Waals surface area contributed by atoms with Crippen molar-refractivity contribution in [2.45, 2.75) is 39.8 Å². The van der Waals surface area contributed by atoms with Crippen molar-refractivity contribution in [2.24, 2.45) is 5.41 Å². The van der Waals surface area contributed by atoms with Crippen LogP contribution in [0.4, 0.5) is 4.39 Å². The molecule has 0 aliphatic carbocycles. The zero-order valence-corrected chi connectivity index (χ0v) is 13.2. The first-order valence-electron chi connectivity index (χ1n) is 6.77. The maximum Gasteiger partial charge on any atom is 0.123 e. The molecule has 0 aliphatic heterocycles. The molecule has 0 saturated carbocycles. The minimum absolute atomic E-state index is 0.0299. The van der Waals surface area contributed by atoms with Gasteiger partial charge in [0, 0.05) is 17.5 Å². The third kappa shape index (κ3) is 3.64. The van der Waals surface area contributed by atoms with Crippen LogP contribution in [0.3, 0.4) is 0 Å². The molecule has 2 rings (SSSR count). The fourth-order valence-corrected chi connectivity index (χ4v) is 2.92. The van der Waals surface area contributed by atoms with E-state index in [1.807, 2.05) is 17.6 Å². The smallest absolute Gasteiger partial charge is 0.123 e. The molecule has 0 amide bonds. The first-order valence-corrected chi connectivity index (χ1v) is 7.72. The number of nitrogens with zero attached hydrogens (tertiary/aromatic N) is 1. The summed E-state index contributed by atoms with van der Waals surface area (Å²) in [6.45, 7) is 8.66. The van der Waals surface area contributed by atoms with Gasteiger partial charge < -0.3 is 5.32 Å². The fourth-order valence-electron chi connectivity index (χ4n) is 2.27. The number of thiazole rings is 1. The molecule has 0 bridgehead atoms. The summed E-state index contributed by atoms with van der Waals surface area (Å²) in [5.74, 6) is -0.200. The first-order chi connectivity index (χ1) is 9.38. The molecule has 1 aromatic heterocycles. The quantitative estimate of drug-likeness (QED) is 0.882. The lowest BCUT2D eigenvalue weighted by atomic mass is 9.82. The zero-order chi connectivity index (χ0) is 14.8. The van der Waals surface area contributed by atoms with E-state index in [0.717, 1.165) is 11.3 Å². The van der Waals surface area contributed by atoms with Gasteiger partial charge in [-0.3, -0.25) is 0 Å². The summed E-state index contributed by atoms with van der Waals surface area (Å²) >= 11 is 1.60. The van der Waals surface area contributed by atoms with Crippen LogP contribution in [0.5, 0.6) is 0 Å². The van der Waals surface area contributed by atoms with Gasteiger partial charge in [0.25, 0.3) is 0 Å². The average Bonchev–Trinajstić information content (AvgIpc) is 2.89. The predicted molar refractivity (Wildman–Crippen MR) is 82.3 cm³/mol. The van der Waals surface area contributed by atoms with Crippen molar-refractivity contribution in [3.8, 4) is 0 Å². The van der Waals surface area contributed by atoms with Crippen LogP contribution in [0.1, 0.15) is 51.0 Å². The maximum atomic E-state index is 13.1. The van der Waals surface area contributed by atoms with Gasteiger partial charge in [0.1, 0.15) is 5.82 Å². The number of benzene rings is 1. The van der Waals surface area contributed by atoms with Crippen LogP contribution in [0.2, 0.25) is 0 Å². The Morgan fingerprint density at radius 3 is 2.35 bits per heavy atom. The summed E-state index contributed by atoms with van der Waals surface area (Å²) in [5, 5.41) is 5.67. The highest BCUT2D eigenvalue weighted by molar-refractivity contribution is 7.07. The van der Waals surface area contributed by atoms with E-state index < -0.39 is 0 Å². The maximum absolute atomic E-state index is 13.1. The summed E-state index contributed by atoms with van der Waals surface area (Å²) < 4.78 is 13.1. The highest BCUT2D eigenvalue weighted by atomic mass is 32.1. The average molecular weight is 292 g/mol. The fraction of sp³-hybridized carbons (Fsp3) is 0.438. The lowest BCUT2D eigenvalue weighted by Crippen LogP contribution is -2.34. The zero-order valence-electron chi connectivity index (χ0n) is 12.4. The molecule has 0 aliphatic rings. The second-order valence-electron chi connectivity index (χ2n) is 6.15. The van der Waals surface area contributed by atoms with Crippen molar-refractivity contribution >= 4 is 11.3 Å². The topological polar surface area (TPSA) is 24.9 Å². The molecule has 2 nitrogen and oxygen atoms in total. The Kier molecular flexibility index (Phi) is 4.55. The standard InChI is InChI=1S/C16H21FN2S/c1-11(14-9-20-10-18-14)19-15(16(2,3)4)12-5-7-13(17)8-6-12/h5-11,15,19H,1-4H3. The molecule has 2 atom stereocenters. The second kappa shape index (κ2) is 6.02. The SMILES string of the molecule is CC(NC(c1ccc(F)cc1)C(C)(C)C)c1cscn1. The number of hydrogen-bond acceptors (Lipinski definition) is 3. The van der Waals surface area contributed by atoms with Gasteiger partial charge in [0.2, 0.25) is 0 Å². The van der Waals surface area contributed by atoms with Crippen molar-refractivity contribution in [2.75, 3.05) is 0 Å². The highest BCUT2D eigenvalue weighted by Crippen LogP contribution is 2.34. The van der Waals surface area contributed by atoms with Gasteiger partial charge in [0.05, 0.1) is 11.2 Å². The third-order valence-electron chi connectivity index (χ3n) is 3.38. The summed E-state index contributed by atoms with van der Waals surface area (Å²) in [6.07, 6.45) is 0. The summed E-state index contributed by atoms with van der Waals surface area (Å²) in [4.78, 5) is 4.36. The number of aromatic nitrogens is 1. The van der Waals surface area contributed by atoms with Crippen LogP contribution in [0.15, 0.2) is 35.2 Å². The Bertz CT molecular complexity index is 529. The Hall–Kier alpha value is -1.26. The lowest BCUT2D eigenvalue weighted by Gasteiger charge is -2.34. The van der Waals surface area contributed by atoms with Gasteiger partial charge in [-0.25, -0.2) is 9.37 Å². The largest absolute Gasteiger partial charge is 0.301 e. The van der Waals surface area contributed by atoms with Crippen LogP contribution >= 0.6 is 11.3 Å². The van der Waals surface area contributed by atoms with Gasteiger partial charge in [0.15, 0.2) is 0 Å². The third-order valence-corrected chi connectivity index (χ3v) is 3.99. The van der Waals surface area contributed by atoms with Gasteiger partial charge in [-0.05, 0) is 30.0 Å². The molecule has 0 saturated heterocycles. The van der Waals surface area contributed by atoms with Crippen LogP contribution in [-0.2, 0) is 0 Å². The molecule has 2 aromatic rings. The normalized spacial score (nSPS) is 15.1. The van der Waals surface area contributed by atoms with E-state index in [0.29, 0.717) is 0 Å². The van der Waals surface area contributed by atoms with E-state index in [4.69, 9.17) is 0 Å².